The van der Waals surface area contributed by atoms with Crippen LogP contribution in [0.5, 0.6) is 11.5 Å². The van der Waals surface area contributed by atoms with Gasteiger partial charge < -0.3 is 14.8 Å². The van der Waals surface area contributed by atoms with Crippen LogP contribution in [0, 0.1) is 3.57 Å². The van der Waals surface area contributed by atoms with Crippen LogP contribution in [-0.4, -0.2) is 19.1 Å². The van der Waals surface area contributed by atoms with Crippen LogP contribution in [-0.2, 0) is 0 Å². The van der Waals surface area contributed by atoms with Crippen molar-refractivity contribution in [2.45, 2.75) is 13.0 Å². The number of halogens is 1. The van der Waals surface area contributed by atoms with Crippen LogP contribution in [0.25, 0.3) is 0 Å². The van der Waals surface area contributed by atoms with E-state index >= 15 is 0 Å². The summed E-state index contributed by atoms with van der Waals surface area (Å²) in [7, 11) is 0. The van der Waals surface area contributed by atoms with Gasteiger partial charge in [-0.2, -0.15) is 0 Å². The largest absolute Gasteiger partial charge is 0.486 e. The predicted molar refractivity (Wildman–Crippen MR) is 92.5 cm³/mol. The number of nitrogens with one attached hydrogen (secondary N) is 1. The van der Waals surface area contributed by atoms with Gasteiger partial charge in [0.1, 0.15) is 13.2 Å². The van der Waals surface area contributed by atoms with E-state index in [4.69, 9.17) is 9.47 Å². The van der Waals surface area contributed by atoms with Gasteiger partial charge in [0.25, 0.3) is 5.91 Å². The lowest BCUT2D eigenvalue weighted by Gasteiger charge is -2.21. The number of amides is 1. The minimum atomic E-state index is -0.112. The Labute approximate surface area is 143 Å². The molecule has 2 aromatic carbocycles. The van der Waals surface area contributed by atoms with Gasteiger partial charge in [0, 0.05) is 3.57 Å². The summed E-state index contributed by atoms with van der Waals surface area (Å²) < 4.78 is 12.0. The van der Waals surface area contributed by atoms with E-state index in [1.807, 2.05) is 49.4 Å². The van der Waals surface area contributed by atoms with Crippen molar-refractivity contribution in [3.8, 4) is 11.5 Å². The molecule has 22 heavy (non-hydrogen) atoms. The zero-order valence-electron chi connectivity index (χ0n) is 12.1. The lowest BCUT2D eigenvalue weighted by atomic mass is 10.1. The van der Waals surface area contributed by atoms with Crippen LogP contribution in [0.1, 0.15) is 28.9 Å². The van der Waals surface area contributed by atoms with E-state index in [1.165, 1.54) is 0 Å². The quantitative estimate of drug-likeness (QED) is 0.789. The fraction of sp³-hybridized carbons (Fsp3) is 0.235. The Bertz CT molecular complexity index is 702. The highest BCUT2D eigenvalue weighted by Gasteiger charge is 2.17. The van der Waals surface area contributed by atoms with E-state index in [-0.39, 0.29) is 11.9 Å². The number of benzene rings is 2. The lowest BCUT2D eigenvalue weighted by Crippen LogP contribution is -2.27. The average Bonchev–Trinajstić information content (AvgIpc) is 2.54. The number of hydrogen-bond donors (Lipinski definition) is 1. The molecule has 3 rings (SSSR count). The van der Waals surface area contributed by atoms with E-state index in [0.717, 1.165) is 20.6 Å². The zero-order valence-corrected chi connectivity index (χ0v) is 14.3. The highest BCUT2D eigenvalue weighted by Crippen LogP contribution is 2.32. The summed E-state index contributed by atoms with van der Waals surface area (Å²) >= 11 is 2.17. The molecule has 0 fully saturated rings. The first-order valence-electron chi connectivity index (χ1n) is 7.10. The first-order valence-corrected chi connectivity index (χ1v) is 8.18. The molecule has 1 aliphatic heterocycles. The maximum absolute atomic E-state index is 12.4. The summed E-state index contributed by atoms with van der Waals surface area (Å²) in [5, 5.41) is 3.02. The van der Waals surface area contributed by atoms with Crippen molar-refractivity contribution in [2.75, 3.05) is 13.2 Å². The van der Waals surface area contributed by atoms with Crippen LogP contribution in [0.4, 0.5) is 0 Å². The van der Waals surface area contributed by atoms with Crippen LogP contribution < -0.4 is 14.8 Å². The molecule has 4 nitrogen and oxygen atoms in total. The molecular weight excluding hydrogens is 393 g/mol. The highest BCUT2D eigenvalue weighted by atomic mass is 127. The summed E-state index contributed by atoms with van der Waals surface area (Å²) in [5.41, 5.74) is 1.68. The standard InChI is InChI=1S/C17H16INO3/c1-11(19-17(20)13-4-2-3-5-14(13)18)12-6-7-15-16(10-12)22-9-8-21-15/h2-7,10-11H,8-9H2,1H3,(H,19,20)/t11-/m0/s1. The van der Waals surface area contributed by atoms with Crippen LogP contribution in [0.3, 0.4) is 0 Å². The molecule has 0 saturated heterocycles. The number of fused-ring (bicyclic) bond motifs is 1. The smallest absolute Gasteiger partial charge is 0.252 e. The third kappa shape index (κ3) is 3.19. The molecule has 0 unspecified atom stereocenters. The van der Waals surface area contributed by atoms with Gasteiger partial charge in [0.05, 0.1) is 11.6 Å². The molecule has 1 N–H and O–H groups in total. The maximum atomic E-state index is 12.4. The molecule has 0 radical (unpaired) electrons. The summed E-state index contributed by atoms with van der Waals surface area (Å²) in [6.45, 7) is 3.09. The minimum absolute atomic E-state index is 0.0765. The molecule has 1 heterocycles. The lowest BCUT2D eigenvalue weighted by molar-refractivity contribution is 0.0939. The van der Waals surface area contributed by atoms with E-state index in [9.17, 15) is 4.79 Å². The Hall–Kier alpha value is -1.76. The Kier molecular flexibility index (Phi) is 4.52. The van der Waals surface area contributed by atoms with E-state index in [1.54, 1.807) is 0 Å². The Balaban J connectivity index is 1.76. The van der Waals surface area contributed by atoms with Crippen LogP contribution in [0.15, 0.2) is 42.5 Å². The zero-order chi connectivity index (χ0) is 15.5. The van der Waals surface area contributed by atoms with Crippen LogP contribution >= 0.6 is 22.6 Å². The van der Waals surface area contributed by atoms with Gasteiger partial charge in [-0.05, 0) is 59.3 Å². The molecule has 0 spiro atoms. The minimum Gasteiger partial charge on any atom is -0.486 e. The highest BCUT2D eigenvalue weighted by molar-refractivity contribution is 14.1. The fourth-order valence-electron chi connectivity index (χ4n) is 2.33. The third-order valence-electron chi connectivity index (χ3n) is 3.53. The molecule has 5 heteroatoms. The topological polar surface area (TPSA) is 47.6 Å². The van der Waals surface area contributed by atoms with Gasteiger partial charge in [0.15, 0.2) is 11.5 Å². The van der Waals surface area contributed by atoms with Crippen molar-refractivity contribution >= 4 is 28.5 Å². The van der Waals surface area contributed by atoms with Gasteiger partial charge >= 0.3 is 0 Å². The molecule has 1 aliphatic rings. The fourth-order valence-corrected chi connectivity index (χ4v) is 2.96. The van der Waals surface area contributed by atoms with Gasteiger partial charge in [-0.1, -0.05) is 18.2 Å². The van der Waals surface area contributed by atoms with E-state index in [0.29, 0.717) is 18.8 Å². The molecule has 1 amide bonds. The summed E-state index contributed by atoms with van der Waals surface area (Å²) in [4.78, 5) is 12.4. The van der Waals surface area contributed by atoms with Crippen molar-refractivity contribution < 1.29 is 14.3 Å². The average molecular weight is 409 g/mol. The van der Waals surface area contributed by atoms with E-state index in [2.05, 4.69) is 27.9 Å². The Morgan fingerprint density at radius 2 is 1.86 bits per heavy atom. The molecule has 1 atom stereocenters. The van der Waals surface area contributed by atoms with Crippen molar-refractivity contribution in [3.05, 3.63) is 57.2 Å². The summed E-state index contributed by atoms with van der Waals surface area (Å²) in [6.07, 6.45) is 0. The maximum Gasteiger partial charge on any atom is 0.252 e. The number of hydrogen-bond acceptors (Lipinski definition) is 3. The van der Waals surface area contributed by atoms with Crippen molar-refractivity contribution in [3.63, 3.8) is 0 Å². The molecule has 0 aliphatic carbocycles. The van der Waals surface area contributed by atoms with E-state index < -0.39 is 0 Å². The predicted octanol–water partition coefficient (Wildman–Crippen LogP) is 3.55. The number of carbonyl (C=O) groups is 1. The first-order chi connectivity index (χ1) is 10.6. The van der Waals surface area contributed by atoms with Crippen molar-refractivity contribution in [1.82, 2.24) is 5.32 Å². The van der Waals surface area contributed by atoms with Crippen molar-refractivity contribution in [2.24, 2.45) is 0 Å². The van der Waals surface area contributed by atoms with Crippen LogP contribution in [0.2, 0.25) is 0 Å². The second-order valence-electron chi connectivity index (χ2n) is 5.08. The monoisotopic (exact) mass is 409 g/mol. The van der Waals surface area contributed by atoms with Gasteiger partial charge in [-0.25, -0.2) is 0 Å². The Morgan fingerprint density at radius 3 is 2.64 bits per heavy atom. The normalized spacial score (nSPS) is 14.3. The molecule has 0 bridgehead atoms. The third-order valence-corrected chi connectivity index (χ3v) is 4.47. The number of carbonyl (C=O) groups excluding carboxylic acids is 1. The van der Waals surface area contributed by atoms with Gasteiger partial charge in [-0.15, -0.1) is 0 Å². The summed E-state index contributed by atoms with van der Waals surface area (Å²) in [5.74, 6) is 1.41. The molecule has 2 aromatic rings. The molecule has 0 aromatic heterocycles. The first kappa shape index (κ1) is 15.1. The number of ether oxygens (including phenoxy) is 2. The summed E-state index contributed by atoms with van der Waals surface area (Å²) in [6, 6.07) is 13.2. The molecule has 114 valence electrons. The second-order valence-corrected chi connectivity index (χ2v) is 6.24. The second kappa shape index (κ2) is 6.56. The number of rotatable bonds is 3. The Morgan fingerprint density at radius 1 is 1.14 bits per heavy atom. The SMILES string of the molecule is C[C@H](NC(=O)c1ccccc1I)c1ccc2c(c1)OCCO2. The van der Waals surface area contributed by atoms with Crippen molar-refractivity contribution in [1.29, 1.82) is 0 Å². The van der Waals surface area contributed by atoms with Gasteiger partial charge in [0.2, 0.25) is 0 Å². The molecule has 0 saturated carbocycles. The molecular formula is C17H16INO3. The van der Waals surface area contributed by atoms with Gasteiger partial charge in [-0.3, -0.25) is 4.79 Å².